The van der Waals surface area contributed by atoms with Crippen LogP contribution in [0.5, 0.6) is 0 Å². The molecule has 1 aromatic heterocycles. The van der Waals surface area contributed by atoms with Gasteiger partial charge in [0.15, 0.2) is 0 Å². The monoisotopic (exact) mass is 234 g/mol. The summed E-state index contributed by atoms with van der Waals surface area (Å²) < 4.78 is 2.37. The van der Waals surface area contributed by atoms with Gasteiger partial charge in [-0.15, -0.1) is 0 Å². The van der Waals surface area contributed by atoms with Gasteiger partial charge in [0.25, 0.3) is 0 Å². The molecular weight excluding hydrogens is 224 g/mol. The third kappa shape index (κ3) is 2.40. The Kier molecular flexibility index (Phi) is 3.21. The Morgan fingerprint density at radius 3 is 2.62 bits per heavy atom. The van der Waals surface area contributed by atoms with E-state index in [-0.39, 0.29) is 5.69 Å². The van der Waals surface area contributed by atoms with E-state index in [2.05, 4.69) is 10.4 Å². The van der Waals surface area contributed by atoms with E-state index >= 15 is 0 Å². The first-order valence-electron chi connectivity index (χ1n) is 4.64. The number of aromatic nitrogens is 4. The van der Waals surface area contributed by atoms with Crippen LogP contribution in [-0.4, -0.2) is 19.8 Å². The van der Waals surface area contributed by atoms with Gasteiger partial charge in [-0.05, 0) is 28.0 Å². The van der Waals surface area contributed by atoms with Crippen LogP contribution in [0.15, 0.2) is 45.4 Å². The second kappa shape index (κ2) is 4.80. The molecule has 1 aromatic carbocycles. The molecule has 0 amide bonds. The summed E-state index contributed by atoms with van der Waals surface area (Å²) in [6.45, 7) is 0. The van der Waals surface area contributed by atoms with Crippen molar-refractivity contribution in [2.45, 2.75) is 4.90 Å². The third-order valence-electron chi connectivity index (χ3n) is 1.89. The number of nitrogens with zero attached hydrogens (tertiary/aromatic N) is 4. The van der Waals surface area contributed by atoms with E-state index in [0.29, 0.717) is 0 Å². The maximum atomic E-state index is 11.4. The van der Waals surface area contributed by atoms with E-state index in [4.69, 9.17) is 0 Å². The van der Waals surface area contributed by atoms with Crippen molar-refractivity contribution < 1.29 is 0 Å². The van der Waals surface area contributed by atoms with Crippen LogP contribution < -0.4 is 5.69 Å². The van der Waals surface area contributed by atoms with Crippen LogP contribution in [-0.2, 0) is 7.05 Å². The second-order valence-corrected chi connectivity index (χ2v) is 4.02. The maximum absolute atomic E-state index is 11.4. The average Bonchev–Trinajstić information content (AvgIpc) is 2.62. The lowest BCUT2D eigenvalue weighted by atomic mass is 10.4. The van der Waals surface area contributed by atoms with Gasteiger partial charge in [0.2, 0.25) is 0 Å². The summed E-state index contributed by atoms with van der Waals surface area (Å²) in [6, 6.07) is 9.87. The zero-order chi connectivity index (χ0) is 11.4. The van der Waals surface area contributed by atoms with Crippen LogP contribution in [0.4, 0.5) is 0 Å². The zero-order valence-corrected chi connectivity index (χ0v) is 9.46. The Balaban J connectivity index is 2.06. The molecule has 5 nitrogen and oxygen atoms in total. The summed E-state index contributed by atoms with van der Waals surface area (Å²) in [7, 11) is 1.56. The zero-order valence-electron chi connectivity index (χ0n) is 8.65. The van der Waals surface area contributed by atoms with Crippen molar-refractivity contribution in [2.24, 2.45) is 7.05 Å². The molecule has 0 atom stereocenters. The van der Waals surface area contributed by atoms with Gasteiger partial charge in [-0.1, -0.05) is 30.0 Å². The molecule has 0 saturated carbocycles. The van der Waals surface area contributed by atoms with Crippen LogP contribution in [0.1, 0.15) is 0 Å². The molecule has 0 aliphatic carbocycles. The van der Waals surface area contributed by atoms with E-state index in [1.165, 1.54) is 21.1 Å². The van der Waals surface area contributed by atoms with E-state index in [1.54, 1.807) is 18.7 Å². The van der Waals surface area contributed by atoms with Crippen LogP contribution >= 0.6 is 11.8 Å². The summed E-state index contributed by atoms with van der Waals surface area (Å²) in [5.74, 6) is 0. The molecular formula is C10H10N4OS. The molecule has 0 aliphatic heterocycles. The average molecular weight is 234 g/mol. The van der Waals surface area contributed by atoms with Crippen molar-refractivity contribution in [3.8, 4) is 0 Å². The lowest BCUT2D eigenvalue weighted by molar-refractivity contribution is 0.693. The fraction of sp³-hybridized carbons (Fsp3) is 0.100. The van der Waals surface area contributed by atoms with Crippen molar-refractivity contribution in [1.82, 2.24) is 19.8 Å². The van der Waals surface area contributed by atoms with Crippen molar-refractivity contribution >= 4 is 18.0 Å². The molecule has 0 radical (unpaired) electrons. The molecule has 6 heteroatoms. The first-order chi connectivity index (χ1) is 7.77. The lowest BCUT2D eigenvalue weighted by Gasteiger charge is -1.92. The predicted octanol–water partition coefficient (Wildman–Crippen LogP) is 1.20. The largest absolute Gasteiger partial charge is 0.367 e. The van der Waals surface area contributed by atoms with Gasteiger partial charge in [0.1, 0.15) is 0 Å². The van der Waals surface area contributed by atoms with Crippen molar-refractivity contribution in [2.75, 3.05) is 0 Å². The molecule has 1 heterocycles. The van der Waals surface area contributed by atoms with Gasteiger partial charge < -0.3 is 0 Å². The first kappa shape index (κ1) is 10.7. The molecule has 2 aromatic rings. The summed E-state index contributed by atoms with van der Waals surface area (Å²) >= 11 is 1.52. The van der Waals surface area contributed by atoms with E-state index in [9.17, 15) is 4.79 Å². The number of hydrogen-bond donors (Lipinski definition) is 0. The summed E-state index contributed by atoms with van der Waals surface area (Å²) in [5.41, 5.74) is -0.259. The van der Waals surface area contributed by atoms with Gasteiger partial charge in [-0.2, -0.15) is 9.36 Å². The minimum Gasteiger partial charge on any atom is -0.244 e. The van der Waals surface area contributed by atoms with E-state index in [0.717, 1.165) is 4.90 Å². The highest BCUT2D eigenvalue weighted by Crippen LogP contribution is 2.17. The summed E-state index contributed by atoms with van der Waals surface area (Å²) in [5, 5.41) is 9.06. The predicted molar refractivity (Wildman–Crippen MR) is 62.9 cm³/mol. The standard InChI is InChI=1S/C10H10N4OS/c1-13-10(15)14(12-11-13)7-8-16-9-5-3-2-4-6-9/h2-8H,1H3/b8-7+. The van der Waals surface area contributed by atoms with E-state index in [1.807, 2.05) is 30.3 Å². The van der Waals surface area contributed by atoms with E-state index < -0.39 is 0 Å². The number of tetrazole rings is 1. The number of benzene rings is 1. The van der Waals surface area contributed by atoms with Crippen LogP contribution in [0.2, 0.25) is 0 Å². The van der Waals surface area contributed by atoms with Gasteiger partial charge in [0.05, 0.1) is 0 Å². The quantitative estimate of drug-likeness (QED) is 0.749. The minimum absolute atomic E-state index is 0.259. The number of rotatable bonds is 3. The molecule has 0 fully saturated rings. The highest BCUT2D eigenvalue weighted by atomic mass is 32.2. The molecule has 0 unspecified atom stereocenters. The fourth-order valence-electron chi connectivity index (χ4n) is 1.09. The van der Waals surface area contributed by atoms with Crippen molar-refractivity contribution in [3.63, 3.8) is 0 Å². The summed E-state index contributed by atoms with van der Waals surface area (Å²) in [6.07, 6.45) is 1.59. The molecule has 16 heavy (non-hydrogen) atoms. The fourth-order valence-corrected chi connectivity index (χ4v) is 1.73. The Hall–Kier alpha value is -1.82. The Morgan fingerprint density at radius 1 is 1.25 bits per heavy atom. The number of aryl methyl sites for hydroxylation is 1. The summed E-state index contributed by atoms with van der Waals surface area (Å²) in [4.78, 5) is 12.5. The Morgan fingerprint density at radius 2 is 2.00 bits per heavy atom. The minimum atomic E-state index is -0.259. The van der Waals surface area contributed by atoms with Gasteiger partial charge in [-0.25, -0.2) is 4.79 Å². The highest BCUT2D eigenvalue weighted by molar-refractivity contribution is 8.02. The van der Waals surface area contributed by atoms with Crippen LogP contribution in [0.3, 0.4) is 0 Å². The Bertz CT molecular complexity index is 543. The number of hydrogen-bond acceptors (Lipinski definition) is 4. The molecule has 82 valence electrons. The molecule has 0 saturated heterocycles. The molecule has 0 N–H and O–H groups in total. The normalized spacial score (nSPS) is 11.1. The second-order valence-electron chi connectivity index (χ2n) is 3.05. The van der Waals surface area contributed by atoms with Gasteiger partial charge in [-0.3, -0.25) is 0 Å². The SMILES string of the molecule is Cn1nnn(/C=C/Sc2ccccc2)c1=O. The number of thioether (sulfide) groups is 1. The van der Waals surface area contributed by atoms with Gasteiger partial charge in [0, 0.05) is 18.1 Å². The first-order valence-corrected chi connectivity index (χ1v) is 5.52. The molecule has 2 rings (SSSR count). The maximum Gasteiger partial charge on any atom is 0.367 e. The van der Waals surface area contributed by atoms with Crippen LogP contribution in [0, 0.1) is 0 Å². The Labute approximate surface area is 96.4 Å². The van der Waals surface area contributed by atoms with Crippen LogP contribution in [0.25, 0.3) is 6.20 Å². The van der Waals surface area contributed by atoms with Crippen molar-refractivity contribution in [1.29, 1.82) is 0 Å². The topological polar surface area (TPSA) is 52.7 Å². The highest BCUT2D eigenvalue weighted by Gasteiger charge is 1.97. The van der Waals surface area contributed by atoms with Gasteiger partial charge >= 0.3 is 5.69 Å². The third-order valence-corrected chi connectivity index (χ3v) is 2.69. The van der Waals surface area contributed by atoms with Crippen molar-refractivity contribution in [3.05, 3.63) is 46.2 Å². The molecule has 0 bridgehead atoms. The molecule has 0 spiro atoms. The lowest BCUT2D eigenvalue weighted by Crippen LogP contribution is -2.19. The molecule has 0 aliphatic rings. The smallest absolute Gasteiger partial charge is 0.244 e.